The Morgan fingerprint density at radius 1 is 1.03 bits per heavy atom. The highest BCUT2D eigenvalue weighted by molar-refractivity contribution is 7.90. The molecule has 10 rings (SSSR count). The number of hydrogen-bond acceptors (Lipinski definition) is 12. The highest BCUT2D eigenvalue weighted by Gasteiger charge is 2.49. The fourth-order valence-corrected chi connectivity index (χ4v) is 12.7. The number of ether oxygens (including phenoxy) is 2. The summed E-state index contributed by atoms with van der Waals surface area (Å²) < 4.78 is 57.1. The normalized spacial score (nSPS) is 25.0. The number of anilines is 2. The fourth-order valence-electron chi connectivity index (χ4n) is 11.5. The lowest BCUT2D eigenvalue weighted by molar-refractivity contribution is -0.0493. The smallest absolute Gasteiger partial charge is 0.268 e. The Labute approximate surface area is 395 Å². The summed E-state index contributed by atoms with van der Waals surface area (Å²) in [6.45, 7) is 10.3. The molecule has 0 unspecified atom stereocenters. The molecule has 2 saturated heterocycles. The van der Waals surface area contributed by atoms with E-state index in [4.69, 9.17) is 21.1 Å². The van der Waals surface area contributed by atoms with E-state index < -0.39 is 32.2 Å². The van der Waals surface area contributed by atoms with E-state index in [-0.39, 0.29) is 74.4 Å². The number of likely N-dealkylation sites (tertiary alicyclic amines) is 1. The number of amides is 1. The number of sulfonamides is 1. The molecule has 14 nitrogen and oxygen atoms in total. The van der Waals surface area contributed by atoms with Gasteiger partial charge in [-0.15, -0.1) is 4.91 Å². The van der Waals surface area contributed by atoms with Crippen LogP contribution in [-0.4, -0.2) is 84.8 Å². The second-order valence-corrected chi connectivity index (χ2v) is 22.2. The average Bonchev–Trinajstić information content (AvgIpc) is 3.93. The van der Waals surface area contributed by atoms with Crippen LogP contribution in [0.15, 0.2) is 76.9 Å². The summed E-state index contributed by atoms with van der Waals surface area (Å²) in [6, 6.07) is 18.0. The minimum atomic E-state index is -4.62. The molecule has 67 heavy (non-hydrogen) atoms. The number of aliphatic hydroxyl groups is 1. The van der Waals surface area contributed by atoms with Crippen LogP contribution in [0.25, 0.3) is 11.0 Å². The molecule has 2 aliphatic carbocycles. The first-order valence-electron chi connectivity index (χ1n) is 23.5. The number of fused-ring (bicyclic) bond motifs is 2. The molecule has 4 N–H and O–H groups in total. The number of nitroso groups, excluding NO2 is 1. The van der Waals surface area contributed by atoms with Gasteiger partial charge < -0.3 is 29.8 Å². The lowest BCUT2D eigenvalue weighted by Crippen LogP contribution is -2.63. The maximum atomic E-state index is 14.7. The van der Waals surface area contributed by atoms with Gasteiger partial charge in [0.2, 0.25) is 0 Å². The number of rotatable bonds is 11. The molecule has 1 spiro atoms. The number of nitrogens with zero attached hydrogens (tertiary/aromatic N) is 4. The first-order valence-corrected chi connectivity index (χ1v) is 25.4. The molecule has 17 heteroatoms. The molecule has 0 radical (unpaired) electrons. The summed E-state index contributed by atoms with van der Waals surface area (Å²) >= 11 is 6.55. The Bertz CT molecular complexity index is 2830. The molecule has 1 amide bonds. The number of halogens is 2. The van der Waals surface area contributed by atoms with Gasteiger partial charge in [-0.05, 0) is 122 Å². The fraction of sp³-hybridized carbons (Fsp3) is 0.480. The van der Waals surface area contributed by atoms with E-state index in [2.05, 4.69) is 73.1 Å². The first-order chi connectivity index (χ1) is 32.1. The first kappa shape index (κ1) is 45.5. The van der Waals surface area contributed by atoms with Crippen LogP contribution in [0.3, 0.4) is 0 Å². The van der Waals surface area contributed by atoms with Gasteiger partial charge in [0.1, 0.15) is 40.9 Å². The van der Waals surface area contributed by atoms with Crippen LogP contribution < -0.4 is 24.4 Å². The zero-order valence-corrected chi connectivity index (χ0v) is 39.6. The maximum Gasteiger partial charge on any atom is 0.268 e. The Kier molecular flexibility index (Phi) is 12.0. The van der Waals surface area contributed by atoms with Gasteiger partial charge in [0.05, 0.1) is 27.5 Å². The largest absolute Gasteiger partial charge is 0.489 e. The monoisotopic (exact) mass is 953 g/mol. The van der Waals surface area contributed by atoms with Crippen molar-refractivity contribution < 1.29 is 32.2 Å². The van der Waals surface area contributed by atoms with Crippen molar-refractivity contribution in [2.45, 2.75) is 113 Å². The Hall–Kier alpha value is -5.29. The van der Waals surface area contributed by atoms with E-state index >= 15 is 0 Å². The Balaban J connectivity index is 0.866. The number of carbonyl (C=O) groups excluding carboxylic acids is 1. The molecular formula is C50H57ClFN7O7S. The van der Waals surface area contributed by atoms with Crippen LogP contribution in [0, 0.1) is 22.1 Å². The summed E-state index contributed by atoms with van der Waals surface area (Å²) in [5.41, 5.74) is 3.39. The molecule has 354 valence electrons. The highest BCUT2D eigenvalue weighted by Crippen LogP contribution is 2.49. The van der Waals surface area contributed by atoms with E-state index in [1.807, 2.05) is 6.92 Å². The van der Waals surface area contributed by atoms with Crippen LogP contribution in [0.4, 0.5) is 21.5 Å². The molecule has 3 aliphatic heterocycles. The van der Waals surface area contributed by atoms with Crippen molar-refractivity contribution in [3.05, 3.63) is 99.4 Å². The van der Waals surface area contributed by atoms with Gasteiger partial charge in [0, 0.05) is 56.2 Å². The third-order valence-corrected chi connectivity index (χ3v) is 16.9. The number of hydrogen-bond donors (Lipinski definition) is 4. The topological polar surface area (TPSA) is 179 Å². The van der Waals surface area contributed by atoms with Crippen molar-refractivity contribution in [2.24, 2.45) is 16.5 Å². The SMILES string of the molecule is CC(C)c1ccccc1[C@@H]1CCC[C@@H]1N1CC2(CCN(c3ccc(C(=O)NS(=O)(=O)c4cc(N=O)c5c(c4)OC[C@H]([C@H]4CC[C@](C)(O)CC4)N5)c(Oc4cc5c(F)c[nH]c5nc4Cl)c3)CC2)C1. The number of benzene rings is 3. The van der Waals surface area contributed by atoms with Crippen molar-refractivity contribution in [3.63, 3.8) is 0 Å². The van der Waals surface area contributed by atoms with Gasteiger partial charge in [-0.2, -0.15) is 0 Å². The summed E-state index contributed by atoms with van der Waals surface area (Å²) in [7, 11) is -4.62. The second kappa shape index (κ2) is 17.7. The van der Waals surface area contributed by atoms with Gasteiger partial charge in [0.25, 0.3) is 15.9 Å². The summed E-state index contributed by atoms with van der Waals surface area (Å²) in [5, 5.41) is 16.9. The van der Waals surface area contributed by atoms with Crippen molar-refractivity contribution in [1.82, 2.24) is 19.6 Å². The summed E-state index contributed by atoms with van der Waals surface area (Å²) in [5.74, 6) is -0.327. The minimum absolute atomic E-state index is 0.0169. The molecule has 5 aromatic rings. The predicted octanol–water partition coefficient (Wildman–Crippen LogP) is 10.1. The predicted molar refractivity (Wildman–Crippen MR) is 256 cm³/mol. The standard InChI is InChI=1S/C50H57ClFN7O7S/c1-29(2)33-7-4-5-8-34(33)35-9-6-10-41(35)59-27-50(28-59)17-19-58(20-18-50)31-11-12-36(42(21-31)66-44-24-37-38(52)25-53-47(37)55-46(44)51)48(60)57-67(63,64)32-22-39(56-62)45-43(23-32)65-26-40(54-45)30-13-15-49(3,61)16-14-30/h4-5,7-8,11-12,21-25,29-30,35,40-41,54,61H,6,9-10,13-20,26-28H2,1-3H3,(H,53,55)(H,57,60)/t30-,35-,40+,41-,49-/m0/s1. The number of pyridine rings is 1. The zero-order valence-electron chi connectivity index (χ0n) is 38.0. The van der Waals surface area contributed by atoms with Gasteiger partial charge in [0.15, 0.2) is 10.9 Å². The van der Waals surface area contributed by atoms with Crippen LogP contribution in [0.1, 0.15) is 112 Å². The molecule has 4 fully saturated rings. The Morgan fingerprint density at radius 3 is 2.54 bits per heavy atom. The van der Waals surface area contributed by atoms with E-state index in [0.717, 1.165) is 69.8 Å². The molecule has 2 saturated carbocycles. The summed E-state index contributed by atoms with van der Waals surface area (Å²) in [4.78, 5) is 37.8. The minimum Gasteiger partial charge on any atom is -0.489 e. The van der Waals surface area contributed by atoms with E-state index in [1.165, 1.54) is 48.6 Å². The molecular weight excluding hydrogens is 897 g/mol. The van der Waals surface area contributed by atoms with Crippen LogP contribution in [-0.2, 0) is 10.0 Å². The van der Waals surface area contributed by atoms with Crippen molar-refractivity contribution in [2.75, 3.05) is 43.0 Å². The van der Waals surface area contributed by atoms with Gasteiger partial charge in [-0.25, -0.2) is 22.5 Å². The maximum absolute atomic E-state index is 14.7. The van der Waals surface area contributed by atoms with Gasteiger partial charge in [-0.3, -0.25) is 9.69 Å². The Morgan fingerprint density at radius 2 is 1.79 bits per heavy atom. The van der Waals surface area contributed by atoms with Crippen molar-refractivity contribution in [1.29, 1.82) is 0 Å². The molecule has 5 heterocycles. The number of carbonyl (C=O) groups is 1. The van der Waals surface area contributed by atoms with E-state index in [9.17, 15) is 27.6 Å². The number of nitrogens with one attached hydrogen (secondary N) is 3. The average molecular weight is 955 g/mol. The molecule has 0 bridgehead atoms. The molecule has 3 atom stereocenters. The third-order valence-electron chi connectivity index (χ3n) is 15.3. The van der Waals surface area contributed by atoms with E-state index in [0.29, 0.717) is 30.7 Å². The number of H-pyrrole nitrogens is 1. The second-order valence-electron chi connectivity index (χ2n) is 20.1. The van der Waals surface area contributed by atoms with Crippen LogP contribution in [0.5, 0.6) is 17.2 Å². The van der Waals surface area contributed by atoms with Gasteiger partial charge in [-0.1, -0.05) is 56.1 Å². The molecule has 3 aromatic carbocycles. The highest BCUT2D eigenvalue weighted by atomic mass is 35.5. The van der Waals surface area contributed by atoms with Crippen LogP contribution in [0.2, 0.25) is 5.15 Å². The lowest BCUT2D eigenvalue weighted by atomic mass is 9.70. The van der Waals surface area contributed by atoms with Crippen molar-refractivity contribution >= 4 is 55.6 Å². The number of aromatic nitrogens is 2. The van der Waals surface area contributed by atoms with Crippen molar-refractivity contribution in [3.8, 4) is 17.2 Å². The lowest BCUT2D eigenvalue weighted by Gasteiger charge is -2.57. The van der Waals surface area contributed by atoms with Crippen LogP contribution >= 0.6 is 11.6 Å². The number of piperidine rings is 1. The van der Waals surface area contributed by atoms with E-state index in [1.54, 1.807) is 12.1 Å². The zero-order chi connectivity index (χ0) is 46.8. The third kappa shape index (κ3) is 8.86. The molecule has 2 aromatic heterocycles. The quantitative estimate of drug-likeness (QED) is 0.0732. The number of aromatic amines is 1. The van der Waals surface area contributed by atoms with Gasteiger partial charge >= 0.3 is 0 Å². The molecule has 5 aliphatic rings. The summed E-state index contributed by atoms with van der Waals surface area (Å²) in [6.07, 6.45) is 9.58.